The predicted molar refractivity (Wildman–Crippen MR) is 84.5 cm³/mol. The number of carbonyl (C=O) groups is 1. The Morgan fingerprint density at radius 3 is 2.78 bits per heavy atom. The lowest BCUT2D eigenvalue weighted by Crippen LogP contribution is -2.27. The molecule has 0 aliphatic heterocycles. The van der Waals surface area contributed by atoms with Gasteiger partial charge in [0, 0.05) is 32.4 Å². The Morgan fingerprint density at radius 2 is 2.09 bits per heavy atom. The quantitative estimate of drug-likeness (QED) is 0.732. The first kappa shape index (κ1) is 14.8. The number of amides is 1. The number of aromatic nitrogens is 3. The molecule has 7 heteroatoms. The molecule has 7 nitrogen and oxygen atoms in total. The lowest BCUT2D eigenvalue weighted by Gasteiger charge is -2.15. The Bertz CT molecular complexity index is 890. The summed E-state index contributed by atoms with van der Waals surface area (Å²) in [5, 5.41) is 4.04. The van der Waals surface area contributed by atoms with Gasteiger partial charge in [-0.15, -0.1) is 0 Å². The third-order valence-electron chi connectivity index (χ3n) is 3.54. The molecule has 0 fully saturated rings. The summed E-state index contributed by atoms with van der Waals surface area (Å²) >= 11 is 0. The van der Waals surface area contributed by atoms with Gasteiger partial charge in [0.1, 0.15) is 11.6 Å². The number of furan rings is 1. The highest BCUT2D eigenvalue weighted by atomic mass is 16.4. The molecule has 0 aliphatic rings. The van der Waals surface area contributed by atoms with Gasteiger partial charge in [0.15, 0.2) is 5.76 Å². The van der Waals surface area contributed by atoms with Crippen LogP contribution in [0.5, 0.6) is 0 Å². The van der Waals surface area contributed by atoms with Gasteiger partial charge in [-0.1, -0.05) is 6.07 Å². The van der Waals surface area contributed by atoms with Crippen LogP contribution in [0.25, 0.3) is 0 Å². The highest BCUT2D eigenvalue weighted by Crippen LogP contribution is 2.16. The molecular weight excluding hydrogens is 296 g/mol. The summed E-state index contributed by atoms with van der Waals surface area (Å²) in [4.78, 5) is 25.6. The number of hydrogen-bond donors (Lipinski definition) is 0. The van der Waals surface area contributed by atoms with Crippen LogP contribution in [0.2, 0.25) is 0 Å². The zero-order valence-electron chi connectivity index (χ0n) is 12.8. The molecule has 3 heterocycles. The van der Waals surface area contributed by atoms with Crippen LogP contribution in [0.15, 0.2) is 58.0 Å². The first-order chi connectivity index (χ1) is 11.1. The second kappa shape index (κ2) is 5.96. The second-order valence-electron chi connectivity index (χ2n) is 5.11. The second-order valence-corrected chi connectivity index (χ2v) is 5.11. The van der Waals surface area contributed by atoms with Crippen LogP contribution >= 0.6 is 0 Å². The summed E-state index contributed by atoms with van der Waals surface area (Å²) in [5.74, 6) is 1.14. The van der Waals surface area contributed by atoms with E-state index in [9.17, 15) is 9.59 Å². The summed E-state index contributed by atoms with van der Waals surface area (Å²) in [6, 6.07) is 9.98. The van der Waals surface area contributed by atoms with Crippen molar-refractivity contribution in [3.8, 4) is 0 Å². The van der Waals surface area contributed by atoms with Crippen LogP contribution in [0.1, 0.15) is 16.3 Å². The number of aryl methyl sites for hydroxylation is 1. The van der Waals surface area contributed by atoms with E-state index in [0.29, 0.717) is 11.6 Å². The molecule has 1 amide bonds. The van der Waals surface area contributed by atoms with E-state index >= 15 is 0 Å². The van der Waals surface area contributed by atoms with Gasteiger partial charge >= 0.3 is 0 Å². The fraction of sp³-hybridized carbons (Fsp3) is 0.188. The molecule has 0 bridgehead atoms. The van der Waals surface area contributed by atoms with Crippen molar-refractivity contribution in [2.75, 3.05) is 11.9 Å². The van der Waals surface area contributed by atoms with E-state index in [1.165, 1.54) is 15.5 Å². The molecule has 0 N–H and O–H groups in total. The van der Waals surface area contributed by atoms with E-state index in [1.54, 1.807) is 61.5 Å². The normalized spacial score (nSPS) is 10.7. The van der Waals surface area contributed by atoms with Crippen LogP contribution in [-0.4, -0.2) is 27.3 Å². The molecule has 0 saturated heterocycles. The van der Waals surface area contributed by atoms with Crippen LogP contribution in [0.3, 0.4) is 0 Å². The maximum Gasteiger partial charge on any atom is 0.294 e. The van der Waals surface area contributed by atoms with E-state index in [0.717, 1.165) is 0 Å². The van der Waals surface area contributed by atoms with Crippen molar-refractivity contribution in [2.24, 2.45) is 7.05 Å². The van der Waals surface area contributed by atoms with Gasteiger partial charge < -0.3 is 8.98 Å². The van der Waals surface area contributed by atoms with Crippen LogP contribution in [-0.2, 0) is 13.6 Å². The first-order valence-electron chi connectivity index (χ1n) is 7.06. The van der Waals surface area contributed by atoms with Crippen molar-refractivity contribution in [3.63, 3.8) is 0 Å². The van der Waals surface area contributed by atoms with Gasteiger partial charge in [0.05, 0.1) is 12.7 Å². The molecule has 3 aromatic heterocycles. The third-order valence-corrected chi connectivity index (χ3v) is 3.54. The molecule has 3 aromatic rings. The molecular formula is C16H16N4O3. The summed E-state index contributed by atoms with van der Waals surface area (Å²) in [6.07, 6.45) is 3.29. The maximum atomic E-state index is 12.5. The number of rotatable bonds is 4. The Kier molecular flexibility index (Phi) is 3.84. The monoisotopic (exact) mass is 312 g/mol. The molecule has 0 saturated carbocycles. The van der Waals surface area contributed by atoms with Crippen LogP contribution in [0, 0.1) is 0 Å². The predicted octanol–water partition coefficient (Wildman–Crippen LogP) is 1.50. The average molecular weight is 312 g/mol. The van der Waals surface area contributed by atoms with E-state index in [-0.39, 0.29) is 23.8 Å². The van der Waals surface area contributed by atoms with E-state index in [4.69, 9.17) is 4.42 Å². The first-order valence-corrected chi connectivity index (χ1v) is 7.06. The number of nitrogens with zero attached hydrogens (tertiary/aromatic N) is 4. The van der Waals surface area contributed by atoms with Gasteiger partial charge in [-0.3, -0.25) is 19.2 Å². The summed E-state index contributed by atoms with van der Waals surface area (Å²) < 4.78 is 8.70. The highest BCUT2D eigenvalue weighted by molar-refractivity contribution is 6.03. The van der Waals surface area contributed by atoms with Crippen LogP contribution in [0.4, 0.5) is 5.82 Å². The summed E-state index contributed by atoms with van der Waals surface area (Å²) in [5.41, 5.74) is -0.122. The maximum absolute atomic E-state index is 12.5. The largest absolute Gasteiger partial charge is 0.454 e. The van der Waals surface area contributed by atoms with Gasteiger partial charge in [-0.2, -0.15) is 5.10 Å². The van der Waals surface area contributed by atoms with Gasteiger partial charge in [-0.25, -0.2) is 0 Å². The molecule has 0 aliphatic carbocycles. The highest BCUT2D eigenvalue weighted by Gasteiger charge is 2.19. The molecule has 0 atom stereocenters. The molecule has 0 aromatic carbocycles. The lowest BCUT2D eigenvalue weighted by molar-refractivity contribution is 0.0963. The van der Waals surface area contributed by atoms with Crippen molar-refractivity contribution in [1.29, 1.82) is 0 Å². The third kappa shape index (κ3) is 2.94. The lowest BCUT2D eigenvalue weighted by atomic mass is 10.3. The molecule has 118 valence electrons. The minimum atomic E-state index is -0.278. The van der Waals surface area contributed by atoms with Crippen molar-refractivity contribution in [2.45, 2.75) is 6.54 Å². The smallest absolute Gasteiger partial charge is 0.294 e. The van der Waals surface area contributed by atoms with E-state index in [1.807, 2.05) is 0 Å². The molecule has 0 spiro atoms. The SMILES string of the molecule is CN(C(=O)c1ccc(Cn2ccccc2=O)o1)c1ccnn1C. The number of anilines is 1. The molecule has 3 rings (SSSR count). The van der Waals surface area contributed by atoms with E-state index in [2.05, 4.69) is 5.10 Å². The van der Waals surface area contributed by atoms with Crippen molar-refractivity contribution in [1.82, 2.24) is 14.3 Å². The van der Waals surface area contributed by atoms with Crippen molar-refractivity contribution < 1.29 is 9.21 Å². The minimum absolute atomic E-state index is 0.122. The zero-order chi connectivity index (χ0) is 16.4. The van der Waals surface area contributed by atoms with Gasteiger partial charge in [-0.05, 0) is 18.2 Å². The standard InChI is InChI=1S/C16H16N4O3/c1-18(14-8-9-17-19(14)2)16(22)13-7-6-12(23-13)11-20-10-4-3-5-15(20)21/h3-10H,11H2,1-2H3. The topological polar surface area (TPSA) is 73.3 Å². The summed E-state index contributed by atoms with van der Waals surface area (Å²) in [7, 11) is 3.41. The van der Waals surface area contributed by atoms with Gasteiger partial charge in [0.2, 0.25) is 0 Å². The Balaban J connectivity index is 1.79. The van der Waals surface area contributed by atoms with E-state index < -0.39 is 0 Å². The number of carbonyl (C=O) groups excluding carboxylic acids is 1. The van der Waals surface area contributed by atoms with Crippen LogP contribution < -0.4 is 10.5 Å². The van der Waals surface area contributed by atoms with Crippen molar-refractivity contribution >= 4 is 11.7 Å². The number of pyridine rings is 1. The Hall–Kier alpha value is -3.09. The fourth-order valence-corrected chi connectivity index (χ4v) is 2.30. The van der Waals surface area contributed by atoms with Crippen molar-refractivity contribution in [3.05, 3.63) is 70.7 Å². The Morgan fingerprint density at radius 1 is 1.26 bits per heavy atom. The fourth-order valence-electron chi connectivity index (χ4n) is 2.30. The Labute approximate surface area is 132 Å². The molecule has 0 unspecified atom stereocenters. The molecule has 0 radical (unpaired) electrons. The number of hydrogen-bond acceptors (Lipinski definition) is 4. The minimum Gasteiger partial charge on any atom is -0.454 e. The van der Waals surface area contributed by atoms with Gasteiger partial charge in [0.25, 0.3) is 11.5 Å². The summed E-state index contributed by atoms with van der Waals surface area (Å²) in [6.45, 7) is 0.280. The molecule has 23 heavy (non-hydrogen) atoms. The average Bonchev–Trinajstić information content (AvgIpc) is 3.17. The zero-order valence-corrected chi connectivity index (χ0v) is 12.8.